The molecule has 0 radical (unpaired) electrons. The molecule has 31 heavy (non-hydrogen) atoms. The van der Waals surface area contributed by atoms with Crippen molar-refractivity contribution in [3.8, 4) is 22.1 Å². The minimum Gasteiger partial charge on any atom is -0.493 e. The molecule has 1 amide bonds. The molecule has 2 aromatic carbocycles. The number of carbonyl (C=O) groups excluding carboxylic acids is 1. The summed E-state index contributed by atoms with van der Waals surface area (Å²) < 4.78 is 11.0. The van der Waals surface area contributed by atoms with E-state index in [1.807, 2.05) is 74.5 Å². The normalized spacial score (nSPS) is 10.9. The molecule has 0 spiro atoms. The third-order valence-corrected chi connectivity index (χ3v) is 5.79. The van der Waals surface area contributed by atoms with Crippen LogP contribution in [-0.2, 0) is 11.3 Å². The number of nitrogens with zero attached hydrogens (tertiary/aromatic N) is 2. The SMILES string of the molecule is CCOc1ccc(-c2nc(CN(C)CC(=O)Nc3c(C)cccc3C)cs2)cc1OC. The third-order valence-electron chi connectivity index (χ3n) is 4.85. The van der Waals surface area contributed by atoms with Gasteiger partial charge in [-0.05, 0) is 57.1 Å². The molecule has 0 aliphatic rings. The minimum absolute atomic E-state index is 0.0356. The van der Waals surface area contributed by atoms with Crippen LogP contribution in [0.3, 0.4) is 0 Å². The number of anilines is 1. The Balaban J connectivity index is 1.62. The van der Waals surface area contributed by atoms with Crippen LogP contribution < -0.4 is 14.8 Å². The van der Waals surface area contributed by atoms with E-state index in [1.165, 1.54) is 0 Å². The zero-order valence-electron chi connectivity index (χ0n) is 18.7. The van der Waals surface area contributed by atoms with Gasteiger partial charge in [0.1, 0.15) is 5.01 Å². The summed E-state index contributed by atoms with van der Waals surface area (Å²) in [7, 11) is 3.55. The van der Waals surface area contributed by atoms with Gasteiger partial charge in [0.15, 0.2) is 11.5 Å². The van der Waals surface area contributed by atoms with Crippen LogP contribution in [0.5, 0.6) is 11.5 Å². The third kappa shape index (κ3) is 5.83. The highest BCUT2D eigenvalue weighted by Gasteiger charge is 2.13. The highest BCUT2D eigenvalue weighted by atomic mass is 32.1. The van der Waals surface area contributed by atoms with E-state index in [-0.39, 0.29) is 12.5 Å². The van der Waals surface area contributed by atoms with Gasteiger partial charge in [-0.1, -0.05) is 18.2 Å². The number of thiazole rings is 1. The molecule has 0 saturated carbocycles. The lowest BCUT2D eigenvalue weighted by atomic mass is 10.1. The summed E-state index contributed by atoms with van der Waals surface area (Å²) in [6, 6.07) is 11.8. The van der Waals surface area contributed by atoms with Gasteiger partial charge >= 0.3 is 0 Å². The summed E-state index contributed by atoms with van der Waals surface area (Å²) in [5.41, 5.74) is 4.92. The number of hydrogen-bond acceptors (Lipinski definition) is 6. The van der Waals surface area contributed by atoms with Crippen molar-refractivity contribution in [2.75, 3.05) is 32.6 Å². The van der Waals surface area contributed by atoms with E-state index >= 15 is 0 Å². The fraction of sp³-hybridized carbons (Fsp3) is 0.333. The molecular weight excluding hydrogens is 410 g/mol. The van der Waals surface area contributed by atoms with Crippen molar-refractivity contribution in [2.24, 2.45) is 0 Å². The number of aryl methyl sites for hydroxylation is 2. The van der Waals surface area contributed by atoms with Gasteiger partial charge in [-0.25, -0.2) is 4.98 Å². The van der Waals surface area contributed by atoms with Gasteiger partial charge in [0, 0.05) is 23.2 Å². The van der Waals surface area contributed by atoms with Crippen molar-refractivity contribution in [3.05, 3.63) is 58.6 Å². The summed E-state index contributed by atoms with van der Waals surface area (Å²) in [4.78, 5) is 19.2. The zero-order valence-corrected chi connectivity index (χ0v) is 19.5. The first-order valence-corrected chi connectivity index (χ1v) is 11.1. The first kappa shape index (κ1) is 22.8. The van der Waals surface area contributed by atoms with Crippen LogP contribution >= 0.6 is 11.3 Å². The highest BCUT2D eigenvalue weighted by Crippen LogP contribution is 2.34. The lowest BCUT2D eigenvalue weighted by Crippen LogP contribution is -2.30. The van der Waals surface area contributed by atoms with Gasteiger partial charge in [0.05, 0.1) is 26.0 Å². The van der Waals surface area contributed by atoms with Gasteiger partial charge in [0.2, 0.25) is 5.91 Å². The van der Waals surface area contributed by atoms with Crippen molar-refractivity contribution in [2.45, 2.75) is 27.3 Å². The van der Waals surface area contributed by atoms with Crippen LogP contribution in [0.1, 0.15) is 23.7 Å². The number of hydrogen-bond donors (Lipinski definition) is 1. The number of rotatable bonds is 9. The van der Waals surface area contributed by atoms with Crippen molar-refractivity contribution >= 4 is 22.9 Å². The summed E-state index contributed by atoms with van der Waals surface area (Å²) >= 11 is 1.57. The molecule has 0 bridgehead atoms. The average Bonchev–Trinajstić information content (AvgIpc) is 3.19. The number of likely N-dealkylation sites (N-methyl/N-ethyl adjacent to an activating group) is 1. The lowest BCUT2D eigenvalue weighted by molar-refractivity contribution is -0.117. The van der Waals surface area contributed by atoms with E-state index in [9.17, 15) is 4.79 Å². The summed E-state index contributed by atoms with van der Waals surface area (Å²) in [6.45, 7) is 7.40. The van der Waals surface area contributed by atoms with Crippen LogP contribution in [-0.4, -0.2) is 43.1 Å². The molecule has 1 aromatic heterocycles. The molecule has 7 heteroatoms. The van der Waals surface area contributed by atoms with Crippen LogP contribution in [0.2, 0.25) is 0 Å². The number of ether oxygens (including phenoxy) is 2. The molecule has 0 aliphatic carbocycles. The minimum atomic E-state index is -0.0356. The average molecular weight is 440 g/mol. The number of amides is 1. The van der Waals surface area contributed by atoms with Gasteiger partial charge in [-0.3, -0.25) is 9.69 Å². The van der Waals surface area contributed by atoms with Gasteiger partial charge in [0.25, 0.3) is 0 Å². The maximum Gasteiger partial charge on any atom is 0.238 e. The second-order valence-electron chi connectivity index (χ2n) is 7.43. The number of aromatic nitrogens is 1. The topological polar surface area (TPSA) is 63.7 Å². The van der Waals surface area contributed by atoms with E-state index in [4.69, 9.17) is 14.5 Å². The predicted octanol–water partition coefficient (Wildman–Crippen LogP) is 4.90. The zero-order chi connectivity index (χ0) is 22.4. The number of carbonyl (C=O) groups is 1. The molecule has 6 nitrogen and oxygen atoms in total. The molecular formula is C24H29N3O3S. The fourth-order valence-corrected chi connectivity index (χ4v) is 4.16. The summed E-state index contributed by atoms with van der Waals surface area (Å²) in [5, 5.41) is 5.96. The van der Waals surface area contributed by atoms with Gasteiger partial charge in [-0.15, -0.1) is 11.3 Å². The number of methoxy groups -OCH3 is 1. The molecule has 1 N–H and O–H groups in total. The molecule has 0 atom stereocenters. The Bertz CT molecular complexity index is 1030. The first-order chi connectivity index (χ1) is 14.9. The van der Waals surface area contributed by atoms with Crippen molar-refractivity contribution in [1.82, 2.24) is 9.88 Å². The Kier molecular flexibility index (Phi) is 7.65. The van der Waals surface area contributed by atoms with E-state index < -0.39 is 0 Å². The first-order valence-electron chi connectivity index (χ1n) is 10.2. The molecule has 3 rings (SSSR count). The Morgan fingerprint density at radius 3 is 2.58 bits per heavy atom. The Morgan fingerprint density at radius 2 is 1.90 bits per heavy atom. The molecule has 3 aromatic rings. The summed E-state index contributed by atoms with van der Waals surface area (Å²) in [6.07, 6.45) is 0. The monoisotopic (exact) mass is 439 g/mol. The van der Waals surface area contributed by atoms with Crippen LogP contribution in [0.25, 0.3) is 10.6 Å². The quantitative estimate of drug-likeness (QED) is 0.514. The van der Waals surface area contributed by atoms with Crippen LogP contribution in [0.4, 0.5) is 5.69 Å². The molecule has 164 valence electrons. The largest absolute Gasteiger partial charge is 0.493 e. The number of nitrogens with one attached hydrogen (secondary N) is 1. The fourth-order valence-electron chi connectivity index (χ4n) is 3.36. The number of para-hydroxylation sites is 1. The van der Waals surface area contributed by atoms with Gasteiger partial charge < -0.3 is 14.8 Å². The Labute approximate surface area is 187 Å². The molecule has 0 fully saturated rings. The van der Waals surface area contributed by atoms with Crippen LogP contribution in [0.15, 0.2) is 41.8 Å². The number of benzene rings is 2. The molecule has 0 unspecified atom stereocenters. The lowest BCUT2D eigenvalue weighted by Gasteiger charge is -2.17. The summed E-state index contributed by atoms with van der Waals surface area (Å²) in [5.74, 6) is 1.38. The second-order valence-corrected chi connectivity index (χ2v) is 8.29. The van der Waals surface area contributed by atoms with E-state index in [0.717, 1.165) is 38.8 Å². The highest BCUT2D eigenvalue weighted by molar-refractivity contribution is 7.13. The second kappa shape index (κ2) is 10.4. The Hall–Kier alpha value is -2.90. The van der Waals surface area contributed by atoms with Gasteiger partial charge in [-0.2, -0.15) is 0 Å². The molecule has 0 saturated heterocycles. The maximum atomic E-state index is 12.5. The van der Waals surface area contributed by atoms with Crippen molar-refractivity contribution < 1.29 is 14.3 Å². The maximum absolute atomic E-state index is 12.5. The smallest absolute Gasteiger partial charge is 0.238 e. The molecule has 1 heterocycles. The van der Waals surface area contributed by atoms with E-state index in [1.54, 1.807) is 18.4 Å². The van der Waals surface area contributed by atoms with Crippen molar-refractivity contribution in [3.63, 3.8) is 0 Å². The van der Waals surface area contributed by atoms with Crippen LogP contribution in [0, 0.1) is 13.8 Å². The van der Waals surface area contributed by atoms with Crippen molar-refractivity contribution in [1.29, 1.82) is 0 Å². The van der Waals surface area contributed by atoms with E-state index in [0.29, 0.717) is 18.9 Å². The van der Waals surface area contributed by atoms with E-state index in [2.05, 4.69) is 5.32 Å². The molecule has 0 aliphatic heterocycles. The standard InChI is InChI=1S/C24H29N3O3S/c1-6-30-20-11-10-18(12-21(20)29-5)24-25-19(15-31-24)13-27(4)14-22(28)26-23-16(2)8-7-9-17(23)3/h7-12,15H,6,13-14H2,1-5H3,(H,26,28). The predicted molar refractivity (Wildman–Crippen MR) is 126 cm³/mol. The Morgan fingerprint density at radius 1 is 1.16 bits per heavy atom.